The summed E-state index contributed by atoms with van der Waals surface area (Å²) in [5.41, 5.74) is 7.20. The molecule has 1 aromatic rings. The van der Waals surface area contributed by atoms with Crippen LogP contribution in [0.1, 0.15) is 31.9 Å². The Bertz CT molecular complexity index is 579. The molecule has 0 saturated carbocycles. The zero-order chi connectivity index (χ0) is 19.5. The number of ether oxygens (including phenoxy) is 1. The van der Waals surface area contributed by atoms with Gasteiger partial charge in [0.25, 0.3) is 0 Å². The maximum absolute atomic E-state index is 6.43. The Balaban J connectivity index is 0.00000392. The molecule has 2 rings (SSSR count). The van der Waals surface area contributed by atoms with E-state index in [9.17, 15) is 0 Å². The molecular weight excluding hydrogens is 489 g/mol. The van der Waals surface area contributed by atoms with Gasteiger partial charge in [0.15, 0.2) is 5.96 Å². The summed E-state index contributed by atoms with van der Waals surface area (Å²) in [6.45, 7) is 12.4. The van der Waals surface area contributed by atoms with Gasteiger partial charge in [-0.15, -0.1) is 24.0 Å². The SMILES string of the molecule is CCN(CC)C(CN=C(N)NCCCN1CCOCC1)c1ccccc1Cl.I. The lowest BCUT2D eigenvalue weighted by Gasteiger charge is -2.29. The lowest BCUT2D eigenvalue weighted by molar-refractivity contribution is 0.0376. The van der Waals surface area contributed by atoms with Crippen molar-refractivity contribution in [2.24, 2.45) is 10.7 Å². The summed E-state index contributed by atoms with van der Waals surface area (Å²) in [4.78, 5) is 9.37. The molecule has 6 nitrogen and oxygen atoms in total. The first-order chi connectivity index (χ1) is 13.2. The molecule has 3 N–H and O–H groups in total. The molecule has 160 valence electrons. The molecule has 8 heteroatoms. The maximum Gasteiger partial charge on any atom is 0.188 e. The first-order valence-corrected chi connectivity index (χ1v) is 10.4. The number of halogens is 2. The van der Waals surface area contributed by atoms with Crippen LogP contribution < -0.4 is 11.1 Å². The Morgan fingerprint density at radius 2 is 1.96 bits per heavy atom. The molecule has 0 aliphatic carbocycles. The van der Waals surface area contributed by atoms with Crippen molar-refractivity contribution in [1.29, 1.82) is 0 Å². The molecule has 1 aliphatic heterocycles. The molecule has 1 fully saturated rings. The van der Waals surface area contributed by atoms with Crippen LogP contribution in [0, 0.1) is 0 Å². The number of nitrogens with two attached hydrogens (primary N) is 1. The second-order valence-electron chi connectivity index (χ2n) is 6.72. The average molecular weight is 524 g/mol. The van der Waals surface area contributed by atoms with Gasteiger partial charge >= 0.3 is 0 Å². The summed E-state index contributed by atoms with van der Waals surface area (Å²) in [7, 11) is 0. The van der Waals surface area contributed by atoms with Crippen molar-refractivity contribution in [3.8, 4) is 0 Å². The summed E-state index contributed by atoms with van der Waals surface area (Å²) in [6, 6.07) is 8.12. The van der Waals surface area contributed by atoms with Crippen molar-refractivity contribution < 1.29 is 4.74 Å². The molecule has 0 amide bonds. The van der Waals surface area contributed by atoms with E-state index >= 15 is 0 Å². The van der Waals surface area contributed by atoms with Gasteiger partial charge in [0.2, 0.25) is 0 Å². The number of rotatable bonds is 10. The van der Waals surface area contributed by atoms with Crippen LogP contribution in [-0.2, 0) is 4.74 Å². The number of benzene rings is 1. The van der Waals surface area contributed by atoms with Crippen molar-refractivity contribution in [2.45, 2.75) is 26.3 Å². The van der Waals surface area contributed by atoms with E-state index in [0.717, 1.165) is 69.5 Å². The Hall–Kier alpha value is -0.610. The van der Waals surface area contributed by atoms with Gasteiger partial charge < -0.3 is 15.8 Å². The second-order valence-corrected chi connectivity index (χ2v) is 7.13. The Kier molecular flexibility index (Phi) is 13.1. The van der Waals surface area contributed by atoms with Crippen LogP contribution in [-0.4, -0.2) is 74.8 Å². The van der Waals surface area contributed by atoms with Gasteiger partial charge in [-0.2, -0.15) is 0 Å². The average Bonchev–Trinajstić information content (AvgIpc) is 2.70. The molecule has 1 unspecified atom stereocenters. The van der Waals surface area contributed by atoms with Crippen LogP contribution in [0.3, 0.4) is 0 Å². The molecule has 1 aliphatic rings. The predicted octanol–water partition coefficient (Wildman–Crippen LogP) is 2.97. The maximum atomic E-state index is 6.43. The molecule has 1 aromatic carbocycles. The highest BCUT2D eigenvalue weighted by Crippen LogP contribution is 2.27. The standard InChI is InChI=1S/C20H34ClN5O.HI/c1-3-26(4-2)19(17-8-5-6-9-18(17)21)16-24-20(22)23-10-7-11-25-12-14-27-15-13-25;/h5-6,8-9,19H,3-4,7,10-16H2,1-2H3,(H3,22,23,24);1H. The minimum Gasteiger partial charge on any atom is -0.379 e. The van der Waals surface area contributed by atoms with E-state index in [2.05, 4.69) is 40.0 Å². The van der Waals surface area contributed by atoms with E-state index in [4.69, 9.17) is 22.1 Å². The largest absolute Gasteiger partial charge is 0.379 e. The molecule has 1 heterocycles. The van der Waals surface area contributed by atoms with Crippen molar-refractivity contribution in [1.82, 2.24) is 15.1 Å². The predicted molar refractivity (Wildman–Crippen MR) is 129 cm³/mol. The van der Waals surface area contributed by atoms with Crippen LogP contribution in [0.5, 0.6) is 0 Å². The fraction of sp³-hybridized carbons (Fsp3) is 0.650. The normalized spacial score (nSPS) is 16.6. The van der Waals surface area contributed by atoms with E-state index in [1.54, 1.807) is 0 Å². The van der Waals surface area contributed by atoms with Gasteiger partial charge in [0, 0.05) is 24.7 Å². The summed E-state index contributed by atoms with van der Waals surface area (Å²) < 4.78 is 5.37. The quantitative estimate of drug-likeness (QED) is 0.214. The highest BCUT2D eigenvalue weighted by atomic mass is 127. The Morgan fingerprint density at radius 3 is 2.61 bits per heavy atom. The first kappa shape index (κ1) is 25.4. The van der Waals surface area contributed by atoms with E-state index in [1.165, 1.54) is 0 Å². The number of morpholine rings is 1. The molecule has 1 atom stereocenters. The summed E-state index contributed by atoms with van der Waals surface area (Å²) in [6.07, 6.45) is 1.04. The number of nitrogens with zero attached hydrogens (tertiary/aromatic N) is 3. The zero-order valence-electron chi connectivity index (χ0n) is 17.1. The van der Waals surface area contributed by atoms with Crippen molar-refractivity contribution in [3.63, 3.8) is 0 Å². The number of guanidine groups is 1. The molecule has 0 bridgehead atoms. The van der Waals surface area contributed by atoms with Crippen molar-refractivity contribution in [3.05, 3.63) is 34.9 Å². The third-order valence-electron chi connectivity index (χ3n) is 5.01. The molecular formula is C20H35ClIN5O. The van der Waals surface area contributed by atoms with E-state index < -0.39 is 0 Å². The molecule has 0 radical (unpaired) electrons. The minimum absolute atomic E-state index is 0. The molecule has 0 spiro atoms. The number of likely N-dealkylation sites (N-methyl/N-ethyl adjacent to an activating group) is 1. The fourth-order valence-electron chi connectivity index (χ4n) is 3.40. The number of nitrogens with one attached hydrogen (secondary N) is 1. The van der Waals surface area contributed by atoms with Crippen LogP contribution >= 0.6 is 35.6 Å². The molecule has 1 saturated heterocycles. The highest BCUT2D eigenvalue weighted by molar-refractivity contribution is 14.0. The first-order valence-electron chi connectivity index (χ1n) is 9.98. The molecule has 0 aromatic heterocycles. The number of hydrogen-bond acceptors (Lipinski definition) is 4. The fourth-order valence-corrected chi connectivity index (χ4v) is 3.67. The van der Waals surface area contributed by atoms with Crippen LogP contribution in [0.15, 0.2) is 29.3 Å². The smallest absolute Gasteiger partial charge is 0.188 e. The lowest BCUT2D eigenvalue weighted by Crippen LogP contribution is -2.39. The minimum atomic E-state index is 0. The van der Waals surface area contributed by atoms with Gasteiger partial charge in [-0.1, -0.05) is 43.6 Å². The summed E-state index contributed by atoms with van der Waals surface area (Å²) in [5, 5.41) is 4.02. The van der Waals surface area contributed by atoms with Gasteiger partial charge in [-0.25, -0.2) is 0 Å². The Labute approximate surface area is 191 Å². The highest BCUT2D eigenvalue weighted by Gasteiger charge is 2.20. The second kappa shape index (κ2) is 14.4. The Morgan fingerprint density at radius 1 is 1.29 bits per heavy atom. The third kappa shape index (κ3) is 8.41. The summed E-state index contributed by atoms with van der Waals surface area (Å²) >= 11 is 6.43. The monoisotopic (exact) mass is 523 g/mol. The molecule has 28 heavy (non-hydrogen) atoms. The van der Waals surface area contributed by atoms with Crippen LogP contribution in [0.2, 0.25) is 5.02 Å². The van der Waals surface area contributed by atoms with Crippen LogP contribution in [0.25, 0.3) is 0 Å². The van der Waals surface area contributed by atoms with Gasteiger partial charge in [0.1, 0.15) is 0 Å². The van der Waals surface area contributed by atoms with Gasteiger partial charge in [0.05, 0.1) is 25.8 Å². The van der Waals surface area contributed by atoms with Crippen molar-refractivity contribution >= 4 is 41.5 Å². The van der Waals surface area contributed by atoms with E-state index in [0.29, 0.717) is 12.5 Å². The lowest BCUT2D eigenvalue weighted by atomic mass is 10.1. The zero-order valence-corrected chi connectivity index (χ0v) is 20.2. The number of hydrogen-bond donors (Lipinski definition) is 2. The third-order valence-corrected chi connectivity index (χ3v) is 5.36. The van der Waals surface area contributed by atoms with E-state index in [-0.39, 0.29) is 30.0 Å². The topological polar surface area (TPSA) is 66.1 Å². The van der Waals surface area contributed by atoms with E-state index in [1.807, 2.05) is 18.2 Å². The summed E-state index contributed by atoms with van der Waals surface area (Å²) in [5.74, 6) is 0.501. The number of aliphatic imine (C=N–C) groups is 1. The van der Waals surface area contributed by atoms with Crippen LogP contribution in [0.4, 0.5) is 0 Å². The van der Waals surface area contributed by atoms with Crippen molar-refractivity contribution in [2.75, 3.05) is 59.0 Å². The van der Waals surface area contributed by atoms with Gasteiger partial charge in [-0.3, -0.25) is 14.8 Å². The van der Waals surface area contributed by atoms with Gasteiger partial charge in [-0.05, 0) is 37.7 Å².